The van der Waals surface area contributed by atoms with E-state index < -0.39 is 17.5 Å². The monoisotopic (exact) mass is 273 g/mol. The van der Waals surface area contributed by atoms with E-state index in [0.717, 1.165) is 44.5 Å². The summed E-state index contributed by atoms with van der Waals surface area (Å²) in [6, 6.07) is 2.06. The van der Waals surface area contributed by atoms with Gasteiger partial charge in [-0.1, -0.05) is 0 Å². The quantitative estimate of drug-likeness (QED) is 0.771. The van der Waals surface area contributed by atoms with Gasteiger partial charge in [-0.25, -0.2) is 13.2 Å². The van der Waals surface area contributed by atoms with Crippen molar-refractivity contribution in [3.8, 4) is 0 Å². The average molecular weight is 273 g/mol. The average Bonchev–Trinajstić information content (AvgIpc) is 3.14. The zero-order valence-corrected chi connectivity index (χ0v) is 10.9. The first-order valence-electron chi connectivity index (χ1n) is 6.39. The van der Waals surface area contributed by atoms with Crippen LogP contribution in [0.3, 0.4) is 0 Å². The molecule has 1 aromatic rings. The largest absolute Gasteiger partial charge is 0.385 e. The fourth-order valence-electron chi connectivity index (χ4n) is 2.19. The summed E-state index contributed by atoms with van der Waals surface area (Å²) >= 11 is 0. The van der Waals surface area contributed by atoms with Crippen molar-refractivity contribution in [2.24, 2.45) is 5.41 Å². The summed E-state index contributed by atoms with van der Waals surface area (Å²) in [6.45, 7) is 1.85. The minimum atomic E-state index is -1.41. The normalized spacial score (nSPS) is 16.6. The van der Waals surface area contributed by atoms with Crippen molar-refractivity contribution < 1.29 is 17.9 Å². The topological polar surface area (TPSA) is 21.3 Å². The first-order valence-corrected chi connectivity index (χ1v) is 6.39. The van der Waals surface area contributed by atoms with Crippen LogP contribution in [0.15, 0.2) is 12.1 Å². The Morgan fingerprint density at radius 1 is 1.21 bits per heavy atom. The van der Waals surface area contributed by atoms with Gasteiger partial charge in [-0.3, -0.25) is 0 Å². The molecule has 0 heterocycles. The molecule has 0 radical (unpaired) electrons. The lowest BCUT2D eigenvalue weighted by molar-refractivity contribution is 0.171. The fourth-order valence-corrected chi connectivity index (χ4v) is 2.19. The minimum absolute atomic E-state index is 0.271. The van der Waals surface area contributed by atoms with Crippen molar-refractivity contribution in [3.05, 3.63) is 35.1 Å². The van der Waals surface area contributed by atoms with Gasteiger partial charge in [0.1, 0.15) is 0 Å². The highest BCUT2D eigenvalue weighted by atomic mass is 19.2. The Balaban J connectivity index is 1.83. The molecule has 0 atom stereocenters. The van der Waals surface area contributed by atoms with E-state index in [4.69, 9.17) is 4.74 Å². The third kappa shape index (κ3) is 3.70. The van der Waals surface area contributed by atoms with Gasteiger partial charge in [0.2, 0.25) is 0 Å². The number of nitrogens with one attached hydrogen (secondary N) is 1. The van der Waals surface area contributed by atoms with Crippen LogP contribution in [-0.2, 0) is 11.3 Å². The number of benzene rings is 1. The second kappa shape index (κ2) is 5.92. The van der Waals surface area contributed by atoms with Gasteiger partial charge < -0.3 is 10.1 Å². The molecule has 0 amide bonds. The maximum atomic E-state index is 13.0. The van der Waals surface area contributed by atoms with Crippen LogP contribution in [0.4, 0.5) is 13.2 Å². The summed E-state index contributed by atoms with van der Waals surface area (Å²) in [5.41, 5.74) is 0.687. The Morgan fingerprint density at radius 3 is 2.37 bits per heavy atom. The molecule has 1 aliphatic rings. The number of halogens is 3. The van der Waals surface area contributed by atoms with Crippen molar-refractivity contribution >= 4 is 0 Å². The molecule has 19 heavy (non-hydrogen) atoms. The summed E-state index contributed by atoms with van der Waals surface area (Å²) < 4.78 is 43.9. The van der Waals surface area contributed by atoms with Crippen molar-refractivity contribution in [2.45, 2.75) is 25.8 Å². The van der Waals surface area contributed by atoms with Gasteiger partial charge in [0.25, 0.3) is 0 Å². The molecule has 0 spiro atoms. The maximum absolute atomic E-state index is 13.0. The van der Waals surface area contributed by atoms with Crippen LogP contribution in [0, 0.1) is 22.9 Å². The van der Waals surface area contributed by atoms with E-state index >= 15 is 0 Å². The molecule has 2 nitrogen and oxygen atoms in total. The van der Waals surface area contributed by atoms with Gasteiger partial charge in [-0.15, -0.1) is 0 Å². The Morgan fingerprint density at radius 2 is 1.84 bits per heavy atom. The molecule has 1 aliphatic carbocycles. The van der Waals surface area contributed by atoms with Crippen LogP contribution in [0.2, 0.25) is 0 Å². The van der Waals surface area contributed by atoms with Gasteiger partial charge in [-0.2, -0.15) is 0 Å². The number of hydrogen-bond donors (Lipinski definition) is 1. The second-order valence-electron chi connectivity index (χ2n) is 5.22. The SMILES string of the molecule is COCCC1(CNCc2cc(F)c(F)c(F)c2)CC1. The van der Waals surface area contributed by atoms with Crippen LogP contribution < -0.4 is 5.32 Å². The lowest BCUT2D eigenvalue weighted by atomic mass is 10.0. The molecular formula is C14H18F3NO. The Hall–Kier alpha value is -1.07. The zero-order valence-electron chi connectivity index (χ0n) is 10.9. The predicted molar refractivity (Wildman–Crippen MR) is 66.2 cm³/mol. The van der Waals surface area contributed by atoms with Crippen LogP contribution in [0.25, 0.3) is 0 Å². The lowest BCUT2D eigenvalue weighted by Gasteiger charge is -2.15. The zero-order chi connectivity index (χ0) is 13.9. The van der Waals surface area contributed by atoms with Crippen LogP contribution in [0.1, 0.15) is 24.8 Å². The van der Waals surface area contributed by atoms with E-state index in [2.05, 4.69) is 5.32 Å². The molecule has 0 unspecified atom stereocenters. The van der Waals surface area contributed by atoms with E-state index in [1.54, 1.807) is 7.11 Å². The molecule has 5 heteroatoms. The molecule has 0 aliphatic heterocycles. The summed E-state index contributed by atoms with van der Waals surface area (Å²) in [4.78, 5) is 0. The highest BCUT2D eigenvalue weighted by Gasteiger charge is 2.41. The fraction of sp³-hybridized carbons (Fsp3) is 0.571. The van der Waals surface area contributed by atoms with Gasteiger partial charge in [0.15, 0.2) is 17.5 Å². The van der Waals surface area contributed by atoms with E-state index in [1.807, 2.05) is 0 Å². The first-order chi connectivity index (χ1) is 9.06. The minimum Gasteiger partial charge on any atom is -0.385 e. The van der Waals surface area contributed by atoms with Gasteiger partial charge in [0.05, 0.1) is 0 Å². The highest BCUT2D eigenvalue weighted by molar-refractivity contribution is 5.19. The standard InChI is InChI=1S/C14H18F3NO/c1-19-5-4-14(2-3-14)9-18-8-10-6-11(15)13(17)12(16)7-10/h6-7,18H,2-5,8-9H2,1H3. The van der Waals surface area contributed by atoms with E-state index in [0.29, 0.717) is 12.1 Å². The Bertz CT molecular complexity index is 423. The maximum Gasteiger partial charge on any atom is 0.194 e. The molecule has 1 N–H and O–H groups in total. The summed E-state index contributed by atoms with van der Waals surface area (Å²) in [5.74, 6) is -3.70. The molecule has 0 bridgehead atoms. The van der Waals surface area contributed by atoms with E-state index in [1.165, 1.54) is 0 Å². The predicted octanol–water partition coefficient (Wildman–Crippen LogP) is 3.01. The van der Waals surface area contributed by atoms with Crippen molar-refractivity contribution in [3.63, 3.8) is 0 Å². The molecule has 1 fully saturated rings. The second-order valence-corrected chi connectivity index (χ2v) is 5.22. The summed E-state index contributed by atoms with van der Waals surface area (Å²) in [7, 11) is 1.67. The molecule has 1 aromatic carbocycles. The third-order valence-electron chi connectivity index (χ3n) is 3.67. The van der Waals surface area contributed by atoms with Gasteiger partial charge >= 0.3 is 0 Å². The summed E-state index contributed by atoms with van der Waals surface area (Å²) in [5, 5.41) is 3.18. The van der Waals surface area contributed by atoms with Crippen LogP contribution in [-0.4, -0.2) is 20.3 Å². The number of methoxy groups -OCH3 is 1. The molecule has 0 aromatic heterocycles. The molecule has 106 valence electrons. The Kier molecular flexibility index (Phi) is 4.47. The van der Waals surface area contributed by atoms with E-state index in [-0.39, 0.29) is 5.41 Å². The van der Waals surface area contributed by atoms with Crippen molar-refractivity contribution in [1.29, 1.82) is 0 Å². The summed E-state index contributed by atoms with van der Waals surface area (Å²) in [6.07, 6.45) is 3.29. The lowest BCUT2D eigenvalue weighted by Crippen LogP contribution is -2.24. The number of ether oxygens (including phenoxy) is 1. The highest BCUT2D eigenvalue weighted by Crippen LogP contribution is 2.48. The first kappa shape index (κ1) is 14.3. The van der Waals surface area contributed by atoms with Crippen LogP contribution >= 0.6 is 0 Å². The van der Waals surface area contributed by atoms with Gasteiger partial charge in [-0.05, 0) is 42.4 Å². The van der Waals surface area contributed by atoms with Crippen molar-refractivity contribution in [1.82, 2.24) is 5.32 Å². The molecule has 0 saturated heterocycles. The molecule has 1 saturated carbocycles. The van der Waals surface area contributed by atoms with Gasteiger partial charge in [0, 0.05) is 26.8 Å². The number of rotatable bonds is 7. The number of hydrogen-bond acceptors (Lipinski definition) is 2. The Labute approximate surface area is 111 Å². The molecule has 2 rings (SSSR count). The van der Waals surface area contributed by atoms with E-state index in [9.17, 15) is 13.2 Å². The molecular weight excluding hydrogens is 255 g/mol. The van der Waals surface area contributed by atoms with Crippen molar-refractivity contribution in [2.75, 3.05) is 20.3 Å². The smallest absolute Gasteiger partial charge is 0.194 e. The third-order valence-corrected chi connectivity index (χ3v) is 3.67. The van der Waals surface area contributed by atoms with Crippen LogP contribution in [0.5, 0.6) is 0 Å².